The third kappa shape index (κ3) is 6.61. The van der Waals surface area contributed by atoms with Crippen LogP contribution in [0.25, 0.3) is 0 Å². The van der Waals surface area contributed by atoms with Gasteiger partial charge >= 0.3 is 6.09 Å². The molecule has 0 unspecified atom stereocenters. The summed E-state index contributed by atoms with van der Waals surface area (Å²) in [5, 5.41) is 13.0. The normalized spacial score (nSPS) is 13.5. The number of hydrogen-bond donors (Lipinski definition) is 1. The van der Waals surface area contributed by atoms with E-state index in [9.17, 15) is 14.4 Å². The van der Waals surface area contributed by atoms with Crippen LogP contribution in [0.4, 0.5) is 20.6 Å². The molecule has 0 aliphatic carbocycles. The average Bonchev–Trinajstić information content (AvgIpc) is 2.79. The average molecular weight is 441 g/mol. The number of nitriles is 1. The van der Waals surface area contributed by atoms with Gasteiger partial charge in [0.2, 0.25) is 0 Å². The Hall–Kier alpha value is -3.27. The summed E-state index contributed by atoms with van der Waals surface area (Å²) in [6.07, 6.45) is -0.374. The lowest BCUT2D eigenvalue weighted by Gasteiger charge is -2.37. The fraction of sp³-hybridized carbons (Fsp3) is 0.440. The summed E-state index contributed by atoms with van der Waals surface area (Å²) in [6.45, 7) is 11.7. The Morgan fingerprint density at radius 3 is 2.28 bits per heavy atom. The smallest absolute Gasteiger partial charge is 0.410 e. The molecule has 1 amide bonds. The number of halogens is 1. The minimum Gasteiger partial charge on any atom is -0.444 e. The van der Waals surface area contributed by atoms with Crippen molar-refractivity contribution in [2.75, 3.05) is 36.4 Å². The Kier molecular flexibility index (Phi) is 8.89. The highest BCUT2D eigenvalue weighted by Gasteiger charge is 2.28. The van der Waals surface area contributed by atoms with Crippen molar-refractivity contribution in [3.8, 4) is 6.07 Å². The summed E-state index contributed by atoms with van der Waals surface area (Å²) in [7, 11) is 0. The number of nitrogens with zero attached hydrogens (tertiary/aromatic N) is 3. The summed E-state index contributed by atoms with van der Waals surface area (Å²) in [6, 6.07) is 14.9. The zero-order chi connectivity index (χ0) is 23.7. The van der Waals surface area contributed by atoms with Crippen LogP contribution in [0.15, 0.2) is 42.5 Å². The van der Waals surface area contributed by atoms with Crippen molar-refractivity contribution in [2.24, 2.45) is 0 Å². The molecule has 7 heteroatoms. The third-order valence-electron chi connectivity index (χ3n) is 4.81. The molecule has 32 heavy (non-hydrogen) atoms. The first-order chi connectivity index (χ1) is 15.3. The highest BCUT2D eigenvalue weighted by molar-refractivity contribution is 5.73. The largest absolute Gasteiger partial charge is 0.444 e. The minimum atomic E-state index is -0.562. The van der Waals surface area contributed by atoms with Gasteiger partial charge in [0, 0.05) is 32.7 Å². The highest BCUT2D eigenvalue weighted by atomic mass is 19.1. The second-order valence-corrected chi connectivity index (χ2v) is 8.22. The first-order valence-corrected chi connectivity index (χ1v) is 11.0. The van der Waals surface area contributed by atoms with Gasteiger partial charge in [0.25, 0.3) is 0 Å². The molecule has 0 spiro atoms. The van der Waals surface area contributed by atoms with E-state index >= 15 is 0 Å². The van der Waals surface area contributed by atoms with Gasteiger partial charge in [-0.3, -0.25) is 0 Å². The van der Waals surface area contributed by atoms with Gasteiger partial charge in [-0.1, -0.05) is 44.2 Å². The van der Waals surface area contributed by atoms with Crippen LogP contribution < -0.4 is 10.2 Å². The molecule has 1 fully saturated rings. The van der Waals surface area contributed by atoms with Crippen molar-refractivity contribution in [1.82, 2.24) is 4.90 Å². The van der Waals surface area contributed by atoms with Crippen molar-refractivity contribution in [2.45, 2.75) is 46.8 Å². The molecule has 6 nitrogen and oxygen atoms in total. The van der Waals surface area contributed by atoms with Crippen molar-refractivity contribution >= 4 is 17.5 Å². The Bertz CT molecular complexity index is 927. The maximum Gasteiger partial charge on any atom is 0.410 e. The number of carbonyl (C=O) groups is 1. The predicted octanol–water partition coefficient (Wildman–Crippen LogP) is 5.39. The Morgan fingerprint density at radius 1 is 1.09 bits per heavy atom. The Balaban J connectivity index is 0.00000176. The van der Waals surface area contributed by atoms with E-state index in [4.69, 9.17) is 4.74 Å². The number of rotatable bonds is 4. The van der Waals surface area contributed by atoms with Crippen molar-refractivity contribution in [1.29, 1.82) is 5.26 Å². The van der Waals surface area contributed by atoms with E-state index in [1.54, 1.807) is 11.0 Å². The van der Waals surface area contributed by atoms with Crippen molar-refractivity contribution < 1.29 is 13.9 Å². The van der Waals surface area contributed by atoms with Crippen molar-refractivity contribution in [3.05, 3.63) is 59.4 Å². The fourth-order valence-electron chi connectivity index (χ4n) is 3.37. The van der Waals surface area contributed by atoms with Gasteiger partial charge in [0.15, 0.2) is 0 Å². The summed E-state index contributed by atoms with van der Waals surface area (Å²) >= 11 is 0. The standard InChI is InChI=1S/C23H27FN4O2.C2H6/c1-23(2,3)30-22(29)28-13-11-27(12-14-28)21-18(15-25)20(10-9-19(21)24)26-16-17-7-5-4-6-8-17;1-2/h4-10,26H,11-14,16H2,1-3H3;1-2H3. The minimum absolute atomic E-state index is 0.275. The summed E-state index contributed by atoms with van der Waals surface area (Å²) in [5.41, 5.74) is 1.65. The summed E-state index contributed by atoms with van der Waals surface area (Å²) in [5.74, 6) is -0.442. The number of ether oxygens (including phenoxy) is 1. The van der Waals surface area contributed by atoms with Crippen LogP contribution in [0, 0.1) is 17.1 Å². The molecule has 172 valence electrons. The zero-order valence-electron chi connectivity index (χ0n) is 19.6. The first-order valence-electron chi connectivity index (χ1n) is 11.0. The molecular formula is C25H33FN4O2. The molecule has 1 aliphatic heterocycles. The van der Waals surface area contributed by atoms with Crippen LogP contribution in [-0.4, -0.2) is 42.8 Å². The van der Waals surface area contributed by atoms with E-state index in [0.717, 1.165) is 5.56 Å². The van der Waals surface area contributed by atoms with Crippen LogP contribution in [0.1, 0.15) is 45.7 Å². The quantitative estimate of drug-likeness (QED) is 0.690. The van der Waals surface area contributed by atoms with Gasteiger partial charge in [-0.05, 0) is 38.5 Å². The van der Waals surface area contributed by atoms with Gasteiger partial charge in [-0.15, -0.1) is 0 Å². The number of carbonyl (C=O) groups excluding carboxylic acids is 1. The Morgan fingerprint density at radius 2 is 1.72 bits per heavy atom. The molecule has 1 aliphatic rings. The summed E-state index contributed by atoms with van der Waals surface area (Å²) in [4.78, 5) is 15.7. The van der Waals surface area contributed by atoms with Gasteiger partial charge < -0.3 is 19.9 Å². The van der Waals surface area contributed by atoms with Crippen molar-refractivity contribution in [3.63, 3.8) is 0 Å². The molecule has 0 bridgehead atoms. The number of benzene rings is 2. The fourth-order valence-corrected chi connectivity index (χ4v) is 3.37. The van der Waals surface area contributed by atoms with E-state index in [1.807, 2.05) is 69.9 Å². The molecule has 3 rings (SSSR count). The number of piperazine rings is 1. The molecule has 1 saturated heterocycles. The van der Waals surface area contributed by atoms with E-state index < -0.39 is 11.4 Å². The van der Waals surface area contributed by atoms with Crippen LogP contribution >= 0.6 is 0 Å². The molecule has 1 N–H and O–H groups in total. The number of anilines is 2. The maximum atomic E-state index is 14.7. The molecule has 1 heterocycles. The molecule has 2 aromatic rings. The number of amides is 1. The van der Waals surface area contributed by atoms with Gasteiger partial charge in [-0.25, -0.2) is 9.18 Å². The molecule has 0 atom stereocenters. The number of hydrogen-bond acceptors (Lipinski definition) is 5. The lowest BCUT2D eigenvalue weighted by Crippen LogP contribution is -2.50. The third-order valence-corrected chi connectivity index (χ3v) is 4.81. The van der Waals surface area contributed by atoms with Gasteiger partial charge in [0.05, 0.1) is 11.4 Å². The summed E-state index contributed by atoms with van der Waals surface area (Å²) < 4.78 is 20.1. The van der Waals surface area contributed by atoms with E-state index in [-0.39, 0.29) is 17.3 Å². The first kappa shape index (κ1) is 25.0. The lowest BCUT2D eigenvalue weighted by atomic mass is 10.1. The maximum absolute atomic E-state index is 14.7. The second kappa shape index (κ2) is 11.4. The van der Waals surface area contributed by atoms with Crippen LogP contribution in [0.3, 0.4) is 0 Å². The molecular weight excluding hydrogens is 407 g/mol. The van der Waals surface area contributed by atoms with Crippen LogP contribution in [-0.2, 0) is 11.3 Å². The highest BCUT2D eigenvalue weighted by Crippen LogP contribution is 2.31. The molecule has 0 aromatic heterocycles. The number of nitrogens with one attached hydrogen (secondary N) is 1. The zero-order valence-corrected chi connectivity index (χ0v) is 19.6. The van der Waals surface area contributed by atoms with Crippen LogP contribution in [0.5, 0.6) is 0 Å². The molecule has 0 saturated carbocycles. The van der Waals surface area contributed by atoms with E-state index in [1.165, 1.54) is 6.07 Å². The predicted molar refractivity (Wildman–Crippen MR) is 126 cm³/mol. The van der Waals surface area contributed by atoms with Crippen LogP contribution in [0.2, 0.25) is 0 Å². The lowest BCUT2D eigenvalue weighted by molar-refractivity contribution is 0.0240. The van der Waals surface area contributed by atoms with E-state index in [2.05, 4.69) is 11.4 Å². The Labute approximate surface area is 190 Å². The van der Waals surface area contributed by atoms with E-state index in [0.29, 0.717) is 38.4 Å². The SMILES string of the molecule is CC.CC(C)(C)OC(=O)N1CCN(c2c(F)ccc(NCc3ccccc3)c2C#N)CC1. The second-order valence-electron chi connectivity index (χ2n) is 8.22. The monoisotopic (exact) mass is 440 g/mol. The molecule has 0 radical (unpaired) electrons. The van der Waals surface area contributed by atoms with Gasteiger partial charge in [-0.2, -0.15) is 5.26 Å². The van der Waals surface area contributed by atoms with Gasteiger partial charge in [0.1, 0.15) is 23.1 Å². The molecule has 2 aromatic carbocycles. The topological polar surface area (TPSA) is 68.6 Å².